The van der Waals surface area contributed by atoms with E-state index in [1.54, 1.807) is 12.3 Å². The van der Waals surface area contributed by atoms with Gasteiger partial charge in [-0.15, -0.1) is 18.3 Å². The number of amides is 1. The minimum atomic E-state index is -4.74. The topological polar surface area (TPSA) is 56.2 Å². The number of aromatic nitrogens is 2. The number of hydrogen-bond acceptors (Lipinski definition) is 3. The molecule has 110 valence electrons. The largest absolute Gasteiger partial charge is 0.573 e. The van der Waals surface area contributed by atoms with Crippen LogP contribution < -0.4 is 10.1 Å². The van der Waals surface area contributed by atoms with Crippen molar-refractivity contribution in [1.82, 2.24) is 9.78 Å². The molecule has 2 aromatic rings. The van der Waals surface area contributed by atoms with E-state index in [2.05, 4.69) is 15.2 Å². The first kappa shape index (κ1) is 13.5. The molecule has 0 spiro atoms. The second kappa shape index (κ2) is 4.80. The average Bonchev–Trinajstić information content (AvgIpc) is 2.80. The molecule has 0 unspecified atom stereocenters. The Hall–Kier alpha value is -2.51. The summed E-state index contributed by atoms with van der Waals surface area (Å²) in [5, 5.41) is 6.78. The van der Waals surface area contributed by atoms with Gasteiger partial charge in [-0.2, -0.15) is 0 Å². The zero-order valence-electron chi connectivity index (χ0n) is 10.6. The van der Waals surface area contributed by atoms with Crippen molar-refractivity contribution in [2.24, 2.45) is 0 Å². The van der Waals surface area contributed by atoms with Gasteiger partial charge in [-0.25, -0.2) is 4.68 Å². The summed E-state index contributed by atoms with van der Waals surface area (Å²) in [5.41, 5.74) is 1.26. The summed E-state index contributed by atoms with van der Waals surface area (Å²) < 4.78 is 41.9. The second-order valence-corrected chi connectivity index (χ2v) is 4.54. The van der Waals surface area contributed by atoms with E-state index in [9.17, 15) is 18.0 Å². The number of benzene rings is 1. The van der Waals surface area contributed by atoms with Crippen LogP contribution in [0.1, 0.15) is 12.0 Å². The van der Waals surface area contributed by atoms with Crippen molar-refractivity contribution < 1.29 is 22.7 Å². The molecular formula is C13H10F3N3O2. The molecule has 1 N–H and O–H groups in total. The normalized spacial score (nSPS) is 14.5. The fraction of sp³-hybridized carbons (Fsp3) is 0.231. The molecule has 1 aromatic carbocycles. The summed E-state index contributed by atoms with van der Waals surface area (Å²) in [6.45, 7) is 0. The molecule has 0 atom stereocenters. The smallest absolute Gasteiger partial charge is 0.406 e. The maximum absolute atomic E-state index is 12.2. The first-order chi connectivity index (χ1) is 9.90. The van der Waals surface area contributed by atoms with Crippen LogP contribution in [-0.4, -0.2) is 22.1 Å². The van der Waals surface area contributed by atoms with Gasteiger partial charge in [-0.1, -0.05) is 6.07 Å². The number of nitrogens with one attached hydrogen (secondary N) is 1. The molecule has 1 aromatic heterocycles. The average molecular weight is 297 g/mol. The van der Waals surface area contributed by atoms with Crippen molar-refractivity contribution in [2.45, 2.75) is 19.2 Å². The highest BCUT2D eigenvalue weighted by atomic mass is 19.4. The van der Waals surface area contributed by atoms with Crippen LogP contribution in [0.15, 0.2) is 30.5 Å². The van der Waals surface area contributed by atoms with Crippen LogP contribution in [0.2, 0.25) is 0 Å². The van der Waals surface area contributed by atoms with Crippen molar-refractivity contribution in [3.63, 3.8) is 0 Å². The quantitative estimate of drug-likeness (QED) is 0.927. The SMILES string of the molecule is O=C1CCc2cn(-c3cccc(OC(F)(F)F)c3)nc2N1. The predicted octanol–water partition coefficient (Wildman–Crippen LogP) is 2.66. The molecule has 0 radical (unpaired) electrons. The van der Waals surface area contributed by atoms with Gasteiger partial charge in [0.05, 0.1) is 5.69 Å². The van der Waals surface area contributed by atoms with Gasteiger partial charge in [0.25, 0.3) is 0 Å². The van der Waals surface area contributed by atoms with Crippen molar-refractivity contribution >= 4 is 11.7 Å². The van der Waals surface area contributed by atoms with E-state index in [4.69, 9.17) is 0 Å². The second-order valence-electron chi connectivity index (χ2n) is 4.54. The number of rotatable bonds is 2. The number of aryl methyl sites for hydroxylation is 1. The number of alkyl halides is 3. The maximum Gasteiger partial charge on any atom is 0.573 e. The lowest BCUT2D eigenvalue weighted by Gasteiger charge is -2.10. The third-order valence-corrected chi connectivity index (χ3v) is 2.98. The van der Waals surface area contributed by atoms with Crippen LogP contribution in [0.5, 0.6) is 5.75 Å². The number of anilines is 1. The number of halogens is 3. The fourth-order valence-corrected chi connectivity index (χ4v) is 2.10. The van der Waals surface area contributed by atoms with Crippen molar-refractivity contribution in [1.29, 1.82) is 0 Å². The van der Waals surface area contributed by atoms with Crippen LogP contribution in [0, 0.1) is 0 Å². The Morgan fingerprint density at radius 3 is 2.86 bits per heavy atom. The number of ether oxygens (including phenoxy) is 1. The lowest BCUT2D eigenvalue weighted by molar-refractivity contribution is -0.274. The molecule has 0 bridgehead atoms. The first-order valence-corrected chi connectivity index (χ1v) is 6.15. The summed E-state index contributed by atoms with van der Waals surface area (Å²) >= 11 is 0. The standard InChI is InChI=1S/C13H10F3N3O2/c14-13(15,16)21-10-3-1-2-9(6-10)19-7-8-4-5-11(20)17-12(8)18-19/h1-3,6-7H,4-5H2,(H,17,18,20). The van der Waals surface area contributed by atoms with E-state index >= 15 is 0 Å². The van der Waals surface area contributed by atoms with Crippen LogP contribution in [0.3, 0.4) is 0 Å². The summed E-state index contributed by atoms with van der Waals surface area (Å²) in [6.07, 6.45) is -2.13. The fourth-order valence-electron chi connectivity index (χ4n) is 2.10. The molecule has 5 nitrogen and oxygen atoms in total. The lowest BCUT2D eigenvalue weighted by atomic mass is 10.1. The third kappa shape index (κ3) is 2.99. The molecule has 8 heteroatoms. The van der Waals surface area contributed by atoms with Crippen LogP contribution in [-0.2, 0) is 11.2 Å². The number of hydrogen-bond donors (Lipinski definition) is 1. The van der Waals surface area contributed by atoms with Crippen LogP contribution >= 0.6 is 0 Å². The highest BCUT2D eigenvalue weighted by molar-refractivity contribution is 5.92. The zero-order chi connectivity index (χ0) is 15.0. The number of carbonyl (C=O) groups is 1. The Bertz CT molecular complexity index is 694. The Morgan fingerprint density at radius 2 is 2.10 bits per heavy atom. The molecule has 2 heterocycles. The van der Waals surface area contributed by atoms with Crippen molar-refractivity contribution in [3.05, 3.63) is 36.0 Å². The van der Waals surface area contributed by atoms with E-state index < -0.39 is 6.36 Å². The van der Waals surface area contributed by atoms with E-state index in [0.29, 0.717) is 24.3 Å². The van der Waals surface area contributed by atoms with E-state index in [1.807, 2.05) is 0 Å². The predicted molar refractivity (Wildman–Crippen MR) is 67.2 cm³/mol. The van der Waals surface area contributed by atoms with Gasteiger partial charge in [0.15, 0.2) is 5.82 Å². The van der Waals surface area contributed by atoms with Gasteiger partial charge in [-0.05, 0) is 18.6 Å². The summed E-state index contributed by atoms with van der Waals surface area (Å²) in [6, 6.07) is 5.48. The molecule has 1 aliphatic rings. The van der Waals surface area contributed by atoms with Gasteiger partial charge in [0.2, 0.25) is 5.91 Å². The molecule has 21 heavy (non-hydrogen) atoms. The molecular weight excluding hydrogens is 287 g/mol. The monoisotopic (exact) mass is 297 g/mol. The lowest BCUT2D eigenvalue weighted by Crippen LogP contribution is -2.18. The molecule has 0 aliphatic carbocycles. The van der Waals surface area contributed by atoms with Gasteiger partial charge >= 0.3 is 6.36 Å². The van der Waals surface area contributed by atoms with E-state index in [0.717, 1.165) is 5.56 Å². The van der Waals surface area contributed by atoms with Gasteiger partial charge in [-0.3, -0.25) is 4.79 Å². The Morgan fingerprint density at radius 1 is 1.29 bits per heavy atom. The number of fused-ring (bicyclic) bond motifs is 1. The Labute approximate surface area is 117 Å². The van der Waals surface area contributed by atoms with Crippen LogP contribution in [0.4, 0.5) is 19.0 Å². The summed E-state index contributed by atoms with van der Waals surface area (Å²) in [7, 11) is 0. The minimum Gasteiger partial charge on any atom is -0.406 e. The number of nitrogens with zero attached hydrogens (tertiary/aromatic N) is 2. The summed E-state index contributed by atoms with van der Waals surface area (Å²) in [5.74, 6) is -0.00666. The van der Waals surface area contributed by atoms with Crippen molar-refractivity contribution in [3.8, 4) is 11.4 Å². The molecule has 3 rings (SSSR count). The Kier molecular flexibility index (Phi) is 3.08. The third-order valence-electron chi connectivity index (χ3n) is 2.98. The van der Waals surface area contributed by atoms with Crippen LogP contribution in [0.25, 0.3) is 5.69 Å². The van der Waals surface area contributed by atoms with Crippen molar-refractivity contribution in [2.75, 3.05) is 5.32 Å². The molecule has 1 amide bonds. The first-order valence-electron chi connectivity index (χ1n) is 6.15. The highest BCUT2D eigenvalue weighted by Gasteiger charge is 2.31. The molecule has 0 fully saturated rings. The molecule has 0 saturated carbocycles. The van der Waals surface area contributed by atoms with Gasteiger partial charge in [0.1, 0.15) is 5.75 Å². The maximum atomic E-state index is 12.2. The van der Waals surface area contributed by atoms with E-state index in [-0.39, 0.29) is 11.7 Å². The highest BCUT2D eigenvalue weighted by Crippen LogP contribution is 2.26. The zero-order valence-corrected chi connectivity index (χ0v) is 10.6. The minimum absolute atomic E-state index is 0.123. The Balaban J connectivity index is 1.91. The summed E-state index contributed by atoms with van der Waals surface area (Å²) in [4.78, 5) is 11.3. The molecule has 1 aliphatic heterocycles. The van der Waals surface area contributed by atoms with Gasteiger partial charge < -0.3 is 10.1 Å². The van der Waals surface area contributed by atoms with E-state index in [1.165, 1.54) is 22.9 Å². The van der Waals surface area contributed by atoms with Gasteiger partial charge in [0, 0.05) is 24.2 Å². The molecule has 0 saturated heterocycles. The number of carbonyl (C=O) groups excluding carboxylic acids is 1.